The Morgan fingerprint density at radius 2 is 1.88 bits per heavy atom. The number of piperazine rings is 1. The Kier molecular flexibility index (Phi) is 5.15. The Balaban J connectivity index is 1.50. The smallest absolute Gasteiger partial charge is 0.274 e. The molecule has 3 rings (SSSR count). The van der Waals surface area contributed by atoms with E-state index >= 15 is 0 Å². The fourth-order valence-electron chi connectivity index (χ4n) is 2.85. The molecule has 24 heavy (non-hydrogen) atoms. The molecule has 0 bridgehead atoms. The molecule has 0 spiro atoms. The molecule has 6 nitrogen and oxygen atoms in total. The highest BCUT2D eigenvalue weighted by atomic mass is 16.5. The number of nitrogens with zero attached hydrogens (tertiary/aromatic N) is 2. The van der Waals surface area contributed by atoms with Gasteiger partial charge in [-0.15, -0.1) is 0 Å². The van der Waals surface area contributed by atoms with Crippen LogP contribution in [-0.2, 0) is 4.79 Å². The Morgan fingerprint density at radius 1 is 1.12 bits per heavy atom. The van der Waals surface area contributed by atoms with Crippen molar-refractivity contribution in [2.75, 3.05) is 50.1 Å². The van der Waals surface area contributed by atoms with Crippen LogP contribution in [0.3, 0.4) is 0 Å². The van der Waals surface area contributed by atoms with E-state index in [4.69, 9.17) is 4.74 Å². The summed E-state index contributed by atoms with van der Waals surface area (Å²) in [6.07, 6.45) is 1.92. The number of ether oxygens (including phenoxy) is 1. The molecule has 2 aromatic rings. The summed E-state index contributed by atoms with van der Waals surface area (Å²) in [5.74, 6) is 1.95. The number of H-pyrrole nitrogens is 1. The van der Waals surface area contributed by atoms with Gasteiger partial charge in [-0.25, -0.2) is 4.98 Å². The van der Waals surface area contributed by atoms with Gasteiger partial charge in [0.2, 0.25) is 5.91 Å². The molecule has 0 radical (unpaired) electrons. The average Bonchev–Trinajstić information content (AvgIpc) is 2.67. The Morgan fingerprint density at radius 3 is 2.58 bits per heavy atom. The number of amides is 1. The second-order valence-corrected chi connectivity index (χ2v) is 5.67. The zero-order valence-electron chi connectivity index (χ0n) is 13.9. The van der Waals surface area contributed by atoms with Crippen molar-refractivity contribution < 1.29 is 14.5 Å². The predicted octanol–water partition coefficient (Wildman–Crippen LogP) is 1.27. The van der Waals surface area contributed by atoms with Crippen molar-refractivity contribution in [1.29, 1.82) is 0 Å². The molecular formula is C18H23N4O2+. The van der Waals surface area contributed by atoms with Crippen LogP contribution in [0.1, 0.15) is 0 Å². The van der Waals surface area contributed by atoms with E-state index in [9.17, 15) is 4.79 Å². The van der Waals surface area contributed by atoms with Crippen LogP contribution in [0.15, 0.2) is 48.7 Å². The number of methoxy groups -OCH3 is 1. The minimum atomic E-state index is 0.109. The Bertz CT molecular complexity index is 670. The van der Waals surface area contributed by atoms with Crippen LogP contribution in [0.2, 0.25) is 0 Å². The van der Waals surface area contributed by atoms with Crippen LogP contribution < -0.4 is 19.9 Å². The van der Waals surface area contributed by atoms with Crippen molar-refractivity contribution in [2.45, 2.75) is 0 Å². The van der Waals surface area contributed by atoms with Gasteiger partial charge in [-0.3, -0.25) is 9.69 Å². The number of para-hydroxylation sites is 2. The van der Waals surface area contributed by atoms with E-state index in [2.05, 4.69) is 21.3 Å². The summed E-state index contributed by atoms with van der Waals surface area (Å²) < 4.78 is 5.29. The lowest BCUT2D eigenvalue weighted by Gasteiger charge is -2.31. The lowest BCUT2D eigenvalue weighted by molar-refractivity contribution is -0.364. The van der Waals surface area contributed by atoms with Crippen molar-refractivity contribution in [3.8, 4) is 5.75 Å². The number of hydrogen-bond donors (Lipinski definition) is 1. The second kappa shape index (κ2) is 7.68. The second-order valence-electron chi connectivity index (χ2n) is 5.67. The SMILES string of the molecule is COc1ccccc1NCC(=O)N1CCN(c2cccc[nH+]2)CC1. The Hall–Kier alpha value is -2.76. The average molecular weight is 327 g/mol. The molecular weight excluding hydrogens is 304 g/mol. The molecule has 126 valence electrons. The number of hydrogen-bond acceptors (Lipinski definition) is 4. The standard InChI is InChI=1S/C18H22N4O2/c1-24-16-7-3-2-6-15(16)20-14-18(23)22-12-10-21(11-13-22)17-8-4-5-9-19-17/h2-9,20H,10-14H2,1H3/p+1. The van der Waals surface area contributed by atoms with Crippen molar-refractivity contribution in [1.82, 2.24) is 4.90 Å². The monoisotopic (exact) mass is 327 g/mol. The molecule has 0 atom stereocenters. The fourth-order valence-corrected chi connectivity index (χ4v) is 2.85. The quantitative estimate of drug-likeness (QED) is 0.898. The molecule has 2 heterocycles. The minimum absolute atomic E-state index is 0.109. The molecule has 1 saturated heterocycles. The number of nitrogens with one attached hydrogen (secondary N) is 2. The number of aromatic amines is 1. The van der Waals surface area contributed by atoms with E-state index in [1.165, 1.54) is 0 Å². The number of aromatic nitrogens is 1. The van der Waals surface area contributed by atoms with Crippen molar-refractivity contribution >= 4 is 17.4 Å². The fraction of sp³-hybridized carbons (Fsp3) is 0.333. The van der Waals surface area contributed by atoms with Crippen LogP contribution in [0.5, 0.6) is 5.75 Å². The maximum absolute atomic E-state index is 12.4. The highest BCUT2D eigenvalue weighted by molar-refractivity contribution is 5.81. The van der Waals surface area contributed by atoms with Crippen LogP contribution in [0.25, 0.3) is 0 Å². The largest absolute Gasteiger partial charge is 0.495 e. The molecule has 1 aliphatic heterocycles. The molecule has 0 aliphatic carbocycles. The zero-order valence-corrected chi connectivity index (χ0v) is 13.9. The van der Waals surface area contributed by atoms with Gasteiger partial charge in [-0.2, -0.15) is 0 Å². The summed E-state index contributed by atoms with van der Waals surface area (Å²) in [7, 11) is 1.63. The molecule has 1 aliphatic rings. The van der Waals surface area contributed by atoms with Crippen molar-refractivity contribution in [3.05, 3.63) is 48.7 Å². The number of rotatable bonds is 5. The molecule has 6 heteroatoms. The molecule has 0 saturated carbocycles. The first-order valence-electron chi connectivity index (χ1n) is 8.14. The van der Waals surface area contributed by atoms with Gasteiger partial charge in [0.1, 0.15) is 18.8 Å². The highest BCUT2D eigenvalue weighted by Gasteiger charge is 2.25. The lowest BCUT2D eigenvalue weighted by atomic mass is 10.2. The van der Waals surface area contributed by atoms with Crippen molar-refractivity contribution in [3.63, 3.8) is 0 Å². The lowest BCUT2D eigenvalue weighted by Crippen LogP contribution is -2.51. The van der Waals surface area contributed by atoms with Gasteiger partial charge in [-0.05, 0) is 18.2 Å². The summed E-state index contributed by atoms with van der Waals surface area (Å²) in [6, 6.07) is 13.7. The molecule has 2 N–H and O–H groups in total. The van der Waals surface area contributed by atoms with Gasteiger partial charge in [0, 0.05) is 6.07 Å². The summed E-state index contributed by atoms with van der Waals surface area (Å²) in [5, 5.41) is 3.17. The number of pyridine rings is 1. The summed E-state index contributed by atoms with van der Waals surface area (Å²) >= 11 is 0. The van der Waals surface area contributed by atoms with Crippen molar-refractivity contribution in [2.24, 2.45) is 0 Å². The number of benzene rings is 1. The third kappa shape index (κ3) is 3.76. The molecule has 1 aromatic heterocycles. The van der Waals surface area contributed by atoms with Crippen LogP contribution in [0, 0.1) is 0 Å². The number of carbonyl (C=O) groups excluding carboxylic acids is 1. The van der Waals surface area contributed by atoms with Gasteiger partial charge >= 0.3 is 0 Å². The highest BCUT2D eigenvalue weighted by Crippen LogP contribution is 2.22. The van der Waals surface area contributed by atoms with E-state index in [1.54, 1.807) is 7.11 Å². The number of carbonyl (C=O) groups is 1. The van der Waals surface area contributed by atoms with Gasteiger partial charge in [-0.1, -0.05) is 18.2 Å². The molecule has 0 unspecified atom stereocenters. The predicted molar refractivity (Wildman–Crippen MR) is 93.3 cm³/mol. The number of anilines is 2. The first-order chi connectivity index (χ1) is 11.8. The van der Waals surface area contributed by atoms with Gasteiger partial charge < -0.3 is 15.0 Å². The van der Waals surface area contributed by atoms with Gasteiger partial charge in [0.25, 0.3) is 5.82 Å². The normalized spacial score (nSPS) is 14.4. The summed E-state index contributed by atoms with van der Waals surface area (Å²) in [4.78, 5) is 19.8. The third-order valence-electron chi connectivity index (χ3n) is 4.20. The van der Waals surface area contributed by atoms with Gasteiger partial charge in [0.05, 0.1) is 38.6 Å². The maximum Gasteiger partial charge on any atom is 0.274 e. The summed E-state index contributed by atoms with van der Waals surface area (Å²) in [5.41, 5.74) is 0.839. The first kappa shape index (κ1) is 16.1. The van der Waals surface area contributed by atoms with Crippen LogP contribution >= 0.6 is 0 Å². The van der Waals surface area contributed by atoms with Crippen LogP contribution in [-0.4, -0.2) is 50.6 Å². The maximum atomic E-state index is 12.4. The Labute approximate surface area is 142 Å². The van der Waals surface area contributed by atoms with E-state index in [1.807, 2.05) is 47.5 Å². The summed E-state index contributed by atoms with van der Waals surface area (Å²) in [6.45, 7) is 3.41. The molecule has 1 aromatic carbocycles. The first-order valence-corrected chi connectivity index (χ1v) is 8.14. The zero-order chi connectivity index (χ0) is 16.8. The molecule has 1 amide bonds. The van der Waals surface area contributed by atoms with Crippen LogP contribution in [0.4, 0.5) is 11.5 Å². The minimum Gasteiger partial charge on any atom is -0.495 e. The van der Waals surface area contributed by atoms with E-state index in [0.717, 1.165) is 43.4 Å². The third-order valence-corrected chi connectivity index (χ3v) is 4.20. The van der Waals surface area contributed by atoms with Gasteiger partial charge in [0.15, 0.2) is 0 Å². The molecule has 1 fully saturated rings. The van der Waals surface area contributed by atoms with E-state index in [-0.39, 0.29) is 12.5 Å². The van der Waals surface area contributed by atoms with E-state index < -0.39 is 0 Å². The topological polar surface area (TPSA) is 59.0 Å². The van der Waals surface area contributed by atoms with E-state index in [0.29, 0.717) is 0 Å².